The van der Waals surface area contributed by atoms with Gasteiger partial charge in [-0.15, -0.1) is 0 Å². The van der Waals surface area contributed by atoms with E-state index < -0.39 is 10.8 Å². The van der Waals surface area contributed by atoms with E-state index in [2.05, 4.69) is 15.3 Å². The first-order valence-corrected chi connectivity index (χ1v) is 10.3. The fourth-order valence-corrected chi connectivity index (χ4v) is 4.04. The van der Waals surface area contributed by atoms with E-state index in [0.717, 1.165) is 34.1 Å². The van der Waals surface area contributed by atoms with Crippen molar-refractivity contribution in [3.63, 3.8) is 0 Å². The Bertz CT molecular complexity index is 1170. The highest BCUT2D eigenvalue weighted by Gasteiger charge is 2.20. The average molecular weight is 419 g/mol. The number of nitrogens with one attached hydrogen (secondary N) is 2. The van der Waals surface area contributed by atoms with Gasteiger partial charge in [0.05, 0.1) is 10.9 Å². The number of rotatable bonds is 5. The average Bonchev–Trinajstić information content (AvgIpc) is 2.70. The first kappa shape index (κ1) is 21.3. The smallest absolute Gasteiger partial charge is 0.270 e. The molecule has 3 aromatic rings. The largest absolute Gasteiger partial charge is 0.325 e. The molecule has 30 heavy (non-hydrogen) atoms. The van der Waals surface area contributed by atoms with Gasteiger partial charge in [-0.3, -0.25) is 9.59 Å². The number of aromatic nitrogens is 2. The molecule has 0 fully saturated rings. The number of anilines is 1. The van der Waals surface area contributed by atoms with Crippen molar-refractivity contribution in [2.45, 2.75) is 38.1 Å². The lowest BCUT2D eigenvalue weighted by atomic mass is 10.1. The normalized spacial score (nSPS) is 11.6. The number of carbonyl (C=O) groups is 1. The predicted molar refractivity (Wildman–Crippen MR) is 120 cm³/mol. The van der Waals surface area contributed by atoms with Crippen LogP contribution in [0.3, 0.4) is 0 Å². The summed E-state index contributed by atoms with van der Waals surface area (Å²) < 4.78 is 0. The lowest BCUT2D eigenvalue weighted by Crippen LogP contribution is -2.24. The number of carbonyl (C=O) groups excluding carboxylic acids is 1. The molecule has 3 rings (SSSR count). The number of thioether (sulfide) groups is 1. The number of benzene rings is 2. The quantitative estimate of drug-likeness (QED) is 0.474. The molecule has 0 aliphatic heterocycles. The highest BCUT2D eigenvalue weighted by atomic mass is 32.2. The second-order valence-corrected chi connectivity index (χ2v) is 8.43. The number of nitrogens with zero attached hydrogens (tertiary/aromatic N) is 2. The van der Waals surface area contributed by atoms with Gasteiger partial charge in [-0.25, -0.2) is 4.98 Å². The molecular weight excluding hydrogens is 396 g/mol. The van der Waals surface area contributed by atoms with Gasteiger partial charge in [0.15, 0.2) is 5.16 Å². The number of amides is 1. The summed E-state index contributed by atoms with van der Waals surface area (Å²) in [5, 5.41) is 12.1. The van der Waals surface area contributed by atoms with Gasteiger partial charge in [0.2, 0.25) is 5.91 Å². The number of nitriles is 1. The van der Waals surface area contributed by atoms with Gasteiger partial charge in [0.1, 0.15) is 11.6 Å². The van der Waals surface area contributed by atoms with E-state index in [0.29, 0.717) is 11.3 Å². The van der Waals surface area contributed by atoms with Gasteiger partial charge in [0, 0.05) is 11.3 Å². The van der Waals surface area contributed by atoms with Crippen molar-refractivity contribution in [1.29, 1.82) is 5.26 Å². The molecular formula is C23H22N4O2S. The molecule has 2 aromatic carbocycles. The maximum absolute atomic E-state index is 12.8. The first-order valence-electron chi connectivity index (χ1n) is 9.45. The second kappa shape index (κ2) is 8.97. The summed E-state index contributed by atoms with van der Waals surface area (Å²) in [6.07, 6.45) is 0. The van der Waals surface area contributed by atoms with E-state index >= 15 is 0 Å². The number of hydrogen-bond donors (Lipinski definition) is 2. The van der Waals surface area contributed by atoms with Crippen LogP contribution in [0.2, 0.25) is 0 Å². The zero-order chi connectivity index (χ0) is 21.8. The van der Waals surface area contributed by atoms with E-state index in [4.69, 9.17) is 0 Å². The fraction of sp³-hybridized carbons (Fsp3) is 0.217. The third-order valence-corrected chi connectivity index (χ3v) is 5.62. The minimum atomic E-state index is -0.522. The van der Waals surface area contributed by atoms with Gasteiger partial charge in [0.25, 0.3) is 5.56 Å². The fourth-order valence-electron chi connectivity index (χ4n) is 3.24. The lowest BCUT2D eigenvalue weighted by Gasteiger charge is -2.16. The van der Waals surface area contributed by atoms with Gasteiger partial charge >= 0.3 is 0 Å². The van der Waals surface area contributed by atoms with Crippen molar-refractivity contribution in [2.75, 3.05) is 5.32 Å². The van der Waals surface area contributed by atoms with Crippen molar-refractivity contribution in [3.8, 4) is 17.3 Å². The van der Waals surface area contributed by atoms with Crippen LogP contribution in [0.15, 0.2) is 52.4 Å². The Morgan fingerprint density at radius 1 is 1.17 bits per heavy atom. The molecule has 0 spiro atoms. The Balaban J connectivity index is 1.86. The van der Waals surface area contributed by atoms with Crippen LogP contribution in [-0.2, 0) is 4.79 Å². The Labute approximate surface area is 179 Å². The molecule has 0 aliphatic carbocycles. The summed E-state index contributed by atoms with van der Waals surface area (Å²) in [5.74, 6) is -0.191. The number of hydrogen-bond acceptors (Lipinski definition) is 5. The molecule has 0 bridgehead atoms. The molecule has 152 valence electrons. The summed E-state index contributed by atoms with van der Waals surface area (Å²) in [6.45, 7) is 7.68. The Morgan fingerprint density at radius 2 is 1.80 bits per heavy atom. The zero-order valence-electron chi connectivity index (χ0n) is 17.2. The molecule has 1 amide bonds. The van der Waals surface area contributed by atoms with Crippen LogP contribution in [0.1, 0.15) is 29.2 Å². The SMILES string of the molecule is Cc1cc(C)c(NC(=O)[C@@H](C)Sc2nc(-c3ccccc3)c(C#N)c(=O)[nH]2)c(C)c1. The number of aryl methyl sites for hydroxylation is 3. The summed E-state index contributed by atoms with van der Waals surface area (Å²) >= 11 is 1.14. The third kappa shape index (κ3) is 4.61. The van der Waals surface area contributed by atoms with Crippen molar-refractivity contribution in [1.82, 2.24) is 9.97 Å². The summed E-state index contributed by atoms with van der Waals surface area (Å²) in [4.78, 5) is 32.2. The molecule has 0 saturated heterocycles. The summed E-state index contributed by atoms with van der Waals surface area (Å²) in [5.41, 5.74) is 4.33. The monoisotopic (exact) mass is 418 g/mol. The van der Waals surface area contributed by atoms with E-state index in [1.165, 1.54) is 0 Å². The highest BCUT2D eigenvalue weighted by Crippen LogP contribution is 2.26. The predicted octanol–water partition coefficient (Wildman–Crippen LogP) is 4.35. The Hall–Kier alpha value is -3.37. The number of aromatic amines is 1. The van der Waals surface area contributed by atoms with Crippen molar-refractivity contribution in [2.24, 2.45) is 0 Å². The Morgan fingerprint density at radius 3 is 2.40 bits per heavy atom. The zero-order valence-corrected chi connectivity index (χ0v) is 18.1. The molecule has 0 saturated carbocycles. The molecule has 6 nitrogen and oxygen atoms in total. The summed E-state index contributed by atoms with van der Waals surface area (Å²) in [7, 11) is 0. The van der Waals surface area contributed by atoms with Crippen LogP contribution in [0.4, 0.5) is 5.69 Å². The topological polar surface area (TPSA) is 98.6 Å². The van der Waals surface area contributed by atoms with Crippen molar-refractivity contribution in [3.05, 3.63) is 75.1 Å². The minimum Gasteiger partial charge on any atom is -0.325 e. The molecule has 1 aromatic heterocycles. The maximum Gasteiger partial charge on any atom is 0.270 e. The van der Waals surface area contributed by atoms with Gasteiger partial charge in [-0.1, -0.05) is 59.8 Å². The van der Waals surface area contributed by atoms with Gasteiger partial charge in [-0.2, -0.15) is 5.26 Å². The molecule has 2 N–H and O–H groups in total. The maximum atomic E-state index is 12.8. The van der Waals surface area contributed by atoms with Crippen LogP contribution in [0.5, 0.6) is 0 Å². The van der Waals surface area contributed by atoms with Crippen molar-refractivity contribution >= 4 is 23.4 Å². The third-order valence-electron chi connectivity index (χ3n) is 4.64. The highest BCUT2D eigenvalue weighted by molar-refractivity contribution is 8.00. The second-order valence-electron chi connectivity index (χ2n) is 7.10. The van der Waals surface area contributed by atoms with Crippen LogP contribution >= 0.6 is 11.8 Å². The molecule has 0 unspecified atom stereocenters. The number of H-pyrrole nitrogens is 1. The van der Waals surface area contributed by atoms with Crippen LogP contribution in [0.25, 0.3) is 11.3 Å². The van der Waals surface area contributed by atoms with Crippen LogP contribution < -0.4 is 10.9 Å². The Kier molecular flexibility index (Phi) is 6.38. The molecule has 0 radical (unpaired) electrons. The molecule has 0 aliphatic rings. The van der Waals surface area contributed by atoms with E-state index in [1.807, 2.05) is 57.2 Å². The van der Waals surface area contributed by atoms with Gasteiger partial charge in [-0.05, 0) is 38.8 Å². The first-order chi connectivity index (χ1) is 14.3. The van der Waals surface area contributed by atoms with E-state index in [-0.39, 0.29) is 16.6 Å². The standard InChI is InChI=1S/C23H22N4O2S/c1-13-10-14(2)19(15(3)11-13)25-21(28)16(4)30-23-26-20(17-8-6-5-7-9-17)18(12-24)22(29)27-23/h5-11,16H,1-4H3,(H,25,28)(H,26,27,29)/t16-/m1/s1. The minimum absolute atomic E-state index is 0.0476. The van der Waals surface area contributed by atoms with E-state index in [1.54, 1.807) is 19.1 Å². The van der Waals surface area contributed by atoms with Crippen LogP contribution in [-0.4, -0.2) is 21.1 Å². The molecule has 7 heteroatoms. The lowest BCUT2D eigenvalue weighted by molar-refractivity contribution is -0.115. The van der Waals surface area contributed by atoms with Crippen molar-refractivity contribution < 1.29 is 4.79 Å². The van der Waals surface area contributed by atoms with Crippen LogP contribution in [0, 0.1) is 32.1 Å². The van der Waals surface area contributed by atoms with E-state index in [9.17, 15) is 14.9 Å². The molecule has 1 heterocycles. The molecule has 1 atom stereocenters. The van der Waals surface area contributed by atoms with Gasteiger partial charge < -0.3 is 10.3 Å². The summed E-state index contributed by atoms with van der Waals surface area (Å²) in [6, 6.07) is 15.0.